The molecule has 0 radical (unpaired) electrons. The van der Waals surface area contributed by atoms with Gasteiger partial charge >= 0.3 is 12.1 Å². The average Bonchev–Trinajstić information content (AvgIpc) is 3.34. The zero-order valence-corrected chi connectivity index (χ0v) is 20.1. The number of carbonyl (C=O) groups is 3. The molecule has 1 aliphatic carbocycles. The molecule has 0 aliphatic heterocycles. The Labute approximate surface area is 201 Å². The van der Waals surface area contributed by atoms with Crippen molar-refractivity contribution in [3.05, 3.63) is 70.9 Å². The Morgan fingerprint density at radius 1 is 1.09 bits per heavy atom. The smallest absolute Gasteiger partial charge is 0.408 e. The molecule has 2 aromatic carbocycles. The van der Waals surface area contributed by atoms with Gasteiger partial charge in [-0.2, -0.15) is 4.37 Å². The van der Waals surface area contributed by atoms with Crippen LogP contribution in [0.25, 0.3) is 11.1 Å². The van der Waals surface area contributed by atoms with Gasteiger partial charge in [-0.05, 0) is 54.6 Å². The van der Waals surface area contributed by atoms with Crippen molar-refractivity contribution in [2.75, 3.05) is 18.6 Å². The minimum atomic E-state index is -1.34. The molecule has 0 saturated carbocycles. The maximum absolute atomic E-state index is 13.1. The number of ether oxygens (including phenoxy) is 1. The first-order valence-electron chi connectivity index (χ1n) is 10.7. The second kappa shape index (κ2) is 8.90. The van der Waals surface area contributed by atoms with Crippen LogP contribution >= 0.6 is 11.5 Å². The lowest BCUT2D eigenvalue weighted by Crippen LogP contribution is -2.55. The summed E-state index contributed by atoms with van der Waals surface area (Å²) in [5.41, 5.74) is 3.39. The molecule has 1 aliphatic rings. The molecule has 0 atom stereocenters. The van der Waals surface area contributed by atoms with Crippen LogP contribution in [-0.4, -0.2) is 46.6 Å². The van der Waals surface area contributed by atoms with E-state index in [-0.39, 0.29) is 23.1 Å². The van der Waals surface area contributed by atoms with E-state index in [1.807, 2.05) is 36.4 Å². The van der Waals surface area contributed by atoms with Gasteiger partial charge in [0, 0.05) is 13.0 Å². The highest BCUT2D eigenvalue weighted by Crippen LogP contribution is 2.44. The molecule has 0 bridgehead atoms. The van der Waals surface area contributed by atoms with Gasteiger partial charge in [0.05, 0.1) is 5.69 Å². The Morgan fingerprint density at radius 2 is 1.65 bits per heavy atom. The molecule has 9 heteroatoms. The number of likely N-dealkylation sites (N-methyl/N-ethyl adjacent to an activating group) is 1. The predicted octanol–water partition coefficient (Wildman–Crippen LogP) is 4.43. The van der Waals surface area contributed by atoms with Crippen LogP contribution in [0.2, 0.25) is 0 Å². The van der Waals surface area contributed by atoms with Gasteiger partial charge in [0.2, 0.25) is 0 Å². The molecule has 4 rings (SSSR count). The fraction of sp³-hybridized carbons (Fsp3) is 0.280. The lowest BCUT2D eigenvalue weighted by Gasteiger charge is -2.29. The molecule has 0 unspecified atom stereocenters. The van der Waals surface area contributed by atoms with Crippen molar-refractivity contribution in [1.29, 1.82) is 0 Å². The fourth-order valence-corrected chi connectivity index (χ4v) is 5.13. The molecule has 1 heterocycles. The Hall–Kier alpha value is -3.72. The number of anilines is 1. The zero-order chi connectivity index (χ0) is 24.6. The number of hydrogen-bond donors (Lipinski definition) is 2. The summed E-state index contributed by atoms with van der Waals surface area (Å²) in [5, 5.41) is 12.3. The van der Waals surface area contributed by atoms with Gasteiger partial charge < -0.3 is 20.1 Å². The van der Waals surface area contributed by atoms with Crippen LogP contribution < -0.4 is 10.2 Å². The monoisotopic (exact) mass is 479 g/mol. The molecule has 3 aromatic rings. The van der Waals surface area contributed by atoms with E-state index in [0.29, 0.717) is 5.69 Å². The van der Waals surface area contributed by atoms with Crippen LogP contribution in [0, 0.1) is 6.92 Å². The summed E-state index contributed by atoms with van der Waals surface area (Å²) in [6, 6.07) is 16.1. The third-order valence-corrected chi connectivity index (χ3v) is 6.98. The number of fused-ring (bicyclic) bond motifs is 3. The number of aromatic nitrogens is 1. The first-order chi connectivity index (χ1) is 16.1. The number of benzene rings is 2. The second-order valence-corrected chi connectivity index (χ2v) is 9.44. The maximum atomic E-state index is 13.1. The number of aromatic carboxylic acids is 1. The number of carbonyl (C=O) groups excluding carboxylic acids is 2. The van der Waals surface area contributed by atoms with E-state index >= 15 is 0 Å². The number of hydrogen-bond acceptors (Lipinski definition) is 6. The number of rotatable bonds is 6. The van der Waals surface area contributed by atoms with Crippen LogP contribution in [0.4, 0.5) is 9.80 Å². The van der Waals surface area contributed by atoms with Crippen molar-refractivity contribution < 1.29 is 24.2 Å². The van der Waals surface area contributed by atoms with Crippen molar-refractivity contribution in [3.63, 3.8) is 0 Å². The summed E-state index contributed by atoms with van der Waals surface area (Å²) in [7, 11) is 1.46. The molecule has 34 heavy (non-hydrogen) atoms. The summed E-state index contributed by atoms with van der Waals surface area (Å²) < 4.78 is 9.60. The SMILES string of the molecule is Cc1nsc(N(C)C(=O)C(C)(C)NC(=O)OCC2c3ccccc3-c3ccccc32)c1C(=O)O. The summed E-state index contributed by atoms with van der Waals surface area (Å²) in [4.78, 5) is 38.6. The quantitative estimate of drug-likeness (QED) is 0.541. The first-order valence-corrected chi connectivity index (χ1v) is 11.5. The number of carboxylic acid groups (broad SMARTS) is 1. The number of nitrogens with zero attached hydrogens (tertiary/aromatic N) is 2. The normalized spacial score (nSPS) is 12.6. The van der Waals surface area contributed by atoms with Crippen molar-refractivity contribution in [3.8, 4) is 11.1 Å². The number of nitrogens with one attached hydrogen (secondary N) is 1. The van der Waals surface area contributed by atoms with E-state index in [2.05, 4.69) is 21.8 Å². The molecular formula is C25H25N3O5S. The third-order valence-electron chi connectivity index (χ3n) is 5.96. The van der Waals surface area contributed by atoms with Gasteiger partial charge in [-0.25, -0.2) is 9.59 Å². The molecule has 0 fully saturated rings. The van der Waals surface area contributed by atoms with Crippen LogP contribution in [0.15, 0.2) is 48.5 Å². The molecule has 176 valence electrons. The van der Waals surface area contributed by atoms with E-state index in [1.165, 1.54) is 11.9 Å². The Bertz CT molecular complexity index is 1240. The van der Waals surface area contributed by atoms with Crippen LogP contribution in [-0.2, 0) is 9.53 Å². The minimum absolute atomic E-state index is 0.0298. The van der Waals surface area contributed by atoms with Crippen LogP contribution in [0.3, 0.4) is 0 Å². The van der Waals surface area contributed by atoms with Crippen LogP contribution in [0.5, 0.6) is 0 Å². The lowest BCUT2D eigenvalue weighted by atomic mass is 9.98. The topological polar surface area (TPSA) is 109 Å². The van der Waals surface area contributed by atoms with E-state index in [9.17, 15) is 19.5 Å². The van der Waals surface area contributed by atoms with E-state index < -0.39 is 23.5 Å². The minimum Gasteiger partial charge on any atom is -0.478 e. The first kappa shape index (κ1) is 23.4. The molecule has 0 spiro atoms. The second-order valence-electron chi connectivity index (χ2n) is 8.69. The summed E-state index contributed by atoms with van der Waals surface area (Å²) in [6.07, 6.45) is -0.729. The molecule has 2 amide bonds. The van der Waals surface area contributed by atoms with Gasteiger partial charge in [0.1, 0.15) is 22.7 Å². The van der Waals surface area contributed by atoms with Crippen molar-refractivity contribution in [2.24, 2.45) is 0 Å². The lowest BCUT2D eigenvalue weighted by molar-refractivity contribution is -0.123. The Morgan fingerprint density at radius 3 is 2.21 bits per heavy atom. The number of carboxylic acids is 1. The van der Waals surface area contributed by atoms with Crippen molar-refractivity contribution >= 4 is 34.5 Å². The van der Waals surface area contributed by atoms with Gasteiger partial charge in [-0.1, -0.05) is 48.5 Å². The van der Waals surface area contributed by atoms with Gasteiger partial charge in [-0.3, -0.25) is 4.79 Å². The number of aryl methyl sites for hydroxylation is 1. The molecule has 8 nitrogen and oxygen atoms in total. The highest BCUT2D eigenvalue weighted by molar-refractivity contribution is 7.11. The zero-order valence-electron chi connectivity index (χ0n) is 19.3. The highest BCUT2D eigenvalue weighted by atomic mass is 32.1. The fourth-order valence-electron chi connectivity index (χ4n) is 4.29. The molecule has 2 N–H and O–H groups in total. The Balaban J connectivity index is 1.45. The van der Waals surface area contributed by atoms with Crippen molar-refractivity contribution in [1.82, 2.24) is 9.69 Å². The van der Waals surface area contributed by atoms with Crippen LogP contribution in [0.1, 0.15) is 46.9 Å². The van der Waals surface area contributed by atoms with Gasteiger partial charge in [0.15, 0.2) is 0 Å². The molecular weight excluding hydrogens is 454 g/mol. The molecule has 0 saturated heterocycles. The number of alkyl carbamates (subject to hydrolysis) is 1. The largest absolute Gasteiger partial charge is 0.478 e. The average molecular weight is 480 g/mol. The number of amides is 2. The maximum Gasteiger partial charge on any atom is 0.408 e. The van der Waals surface area contributed by atoms with E-state index in [0.717, 1.165) is 33.8 Å². The van der Waals surface area contributed by atoms with E-state index in [4.69, 9.17) is 4.74 Å². The van der Waals surface area contributed by atoms with Crippen molar-refractivity contribution in [2.45, 2.75) is 32.2 Å². The standard InChI is InChI=1S/C25H25N3O5S/c1-14-20(22(29)30)21(34-27-14)28(4)23(31)25(2,3)26-24(32)33-13-19-17-11-7-5-9-15(17)16-10-6-8-12-18(16)19/h5-12,19H,13H2,1-4H3,(H,26,32)(H,29,30). The summed E-state index contributed by atoms with van der Waals surface area (Å²) in [5.74, 6) is -1.76. The van der Waals surface area contributed by atoms with Gasteiger partial charge in [0.25, 0.3) is 5.91 Å². The van der Waals surface area contributed by atoms with E-state index in [1.54, 1.807) is 20.8 Å². The summed E-state index contributed by atoms with van der Waals surface area (Å²) in [6.45, 7) is 4.78. The van der Waals surface area contributed by atoms with Gasteiger partial charge in [-0.15, -0.1) is 0 Å². The Kier molecular flexibility index (Phi) is 6.14. The predicted molar refractivity (Wildman–Crippen MR) is 130 cm³/mol. The summed E-state index contributed by atoms with van der Waals surface area (Å²) >= 11 is 0.920. The third kappa shape index (κ3) is 4.14. The highest BCUT2D eigenvalue weighted by Gasteiger charge is 2.36. The molecule has 1 aromatic heterocycles.